The molecule has 4 heteroatoms. The number of aliphatic hydroxyl groups is 1. The zero-order valence-corrected chi connectivity index (χ0v) is 12.4. The molecule has 1 heterocycles. The largest absolute Gasteiger partial charge is 0.493 e. The summed E-state index contributed by atoms with van der Waals surface area (Å²) in [5.41, 5.74) is 7.28. The molecule has 3 rings (SSSR count). The number of hydrogen-bond acceptors (Lipinski definition) is 3. The number of nitrogens with two attached hydrogens (primary N) is 1. The maximum absolute atomic E-state index is 11.0. The molecule has 0 saturated carbocycles. The molecule has 1 aliphatic heterocycles. The van der Waals surface area contributed by atoms with Crippen molar-refractivity contribution in [1.29, 1.82) is 0 Å². The first kappa shape index (κ1) is 14.4. The molecule has 0 amide bonds. The van der Waals surface area contributed by atoms with Gasteiger partial charge in [-0.2, -0.15) is 0 Å². The highest BCUT2D eigenvalue weighted by molar-refractivity contribution is 6.30. The summed E-state index contributed by atoms with van der Waals surface area (Å²) in [5, 5.41) is 11.6. The number of ether oxygens (including phenoxy) is 1. The summed E-state index contributed by atoms with van der Waals surface area (Å²) in [7, 11) is 0. The Morgan fingerprint density at radius 1 is 1.24 bits per heavy atom. The molecule has 2 aromatic carbocycles. The Morgan fingerprint density at radius 3 is 2.81 bits per heavy atom. The van der Waals surface area contributed by atoms with Gasteiger partial charge in [-0.05, 0) is 30.2 Å². The van der Waals surface area contributed by atoms with Crippen molar-refractivity contribution in [2.75, 3.05) is 13.2 Å². The minimum absolute atomic E-state index is 0.348. The third kappa shape index (κ3) is 2.42. The van der Waals surface area contributed by atoms with Crippen LogP contribution in [0.1, 0.15) is 23.7 Å². The monoisotopic (exact) mass is 303 g/mol. The summed E-state index contributed by atoms with van der Waals surface area (Å²) in [6, 6.07) is 15.1. The van der Waals surface area contributed by atoms with E-state index in [1.165, 1.54) is 0 Å². The Bertz CT molecular complexity index is 646. The van der Waals surface area contributed by atoms with Crippen molar-refractivity contribution in [1.82, 2.24) is 0 Å². The SMILES string of the molecule is NCC1(C(O)c2cccc(Cl)c2)CCOc2ccccc21. The van der Waals surface area contributed by atoms with Crippen LogP contribution >= 0.6 is 11.6 Å². The molecule has 0 aromatic heterocycles. The minimum atomic E-state index is -0.716. The van der Waals surface area contributed by atoms with Gasteiger partial charge in [0.25, 0.3) is 0 Å². The first-order chi connectivity index (χ1) is 10.2. The normalized spacial score (nSPS) is 22.2. The third-order valence-corrected chi connectivity index (χ3v) is 4.52. The highest BCUT2D eigenvalue weighted by Gasteiger charge is 2.43. The van der Waals surface area contributed by atoms with E-state index in [9.17, 15) is 5.11 Å². The van der Waals surface area contributed by atoms with Gasteiger partial charge in [-0.25, -0.2) is 0 Å². The molecule has 2 aromatic rings. The van der Waals surface area contributed by atoms with Gasteiger partial charge in [-0.1, -0.05) is 41.9 Å². The average molecular weight is 304 g/mol. The number of halogens is 1. The predicted octanol–water partition coefficient (Wildman–Crippen LogP) is 3.05. The Hall–Kier alpha value is -1.55. The molecule has 3 N–H and O–H groups in total. The summed E-state index contributed by atoms with van der Waals surface area (Å²) >= 11 is 6.05. The van der Waals surface area contributed by atoms with Crippen LogP contribution in [0.5, 0.6) is 5.75 Å². The standard InChI is InChI=1S/C17H18ClNO2/c18-13-5-3-4-12(10-13)16(20)17(11-19)8-9-21-15-7-2-1-6-14(15)17/h1-7,10,16,20H,8-9,11,19H2. The van der Waals surface area contributed by atoms with Gasteiger partial charge in [-0.3, -0.25) is 0 Å². The van der Waals surface area contributed by atoms with Crippen LogP contribution in [0.15, 0.2) is 48.5 Å². The zero-order chi connectivity index (χ0) is 14.9. The number of hydrogen-bond donors (Lipinski definition) is 2. The summed E-state index contributed by atoms with van der Waals surface area (Å²) in [6.45, 7) is 0.896. The van der Waals surface area contributed by atoms with Crippen LogP contribution in [-0.4, -0.2) is 18.3 Å². The topological polar surface area (TPSA) is 55.5 Å². The fraction of sp³-hybridized carbons (Fsp3) is 0.294. The van der Waals surface area contributed by atoms with E-state index in [1.54, 1.807) is 12.1 Å². The quantitative estimate of drug-likeness (QED) is 0.916. The number of rotatable bonds is 3. The first-order valence-corrected chi connectivity index (χ1v) is 7.41. The van der Waals surface area contributed by atoms with Crippen LogP contribution < -0.4 is 10.5 Å². The number of aliphatic hydroxyl groups excluding tert-OH is 1. The van der Waals surface area contributed by atoms with Crippen LogP contribution in [0.4, 0.5) is 0 Å². The fourth-order valence-electron chi connectivity index (χ4n) is 3.08. The van der Waals surface area contributed by atoms with Crippen molar-refractivity contribution >= 4 is 11.6 Å². The molecule has 0 spiro atoms. The Morgan fingerprint density at radius 2 is 2.05 bits per heavy atom. The van der Waals surface area contributed by atoms with Crippen LogP contribution in [0, 0.1) is 0 Å². The van der Waals surface area contributed by atoms with E-state index < -0.39 is 11.5 Å². The van der Waals surface area contributed by atoms with Gasteiger partial charge >= 0.3 is 0 Å². The average Bonchev–Trinajstić information content (AvgIpc) is 2.53. The predicted molar refractivity (Wildman–Crippen MR) is 83.7 cm³/mol. The van der Waals surface area contributed by atoms with Crippen molar-refractivity contribution in [3.8, 4) is 5.75 Å². The van der Waals surface area contributed by atoms with Crippen molar-refractivity contribution in [3.05, 3.63) is 64.7 Å². The summed E-state index contributed by atoms with van der Waals surface area (Å²) < 4.78 is 5.70. The molecule has 2 atom stereocenters. The maximum Gasteiger partial charge on any atom is 0.123 e. The van der Waals surface area contributed by atoms with E-state index in [-0.39, 0.29) is 0 Å². The first-order valence-electron chi connectivity index (χ1n) is 7.03. The highest BCUT2D eigenvalue weighted by atomic mass is 35.5. The van der Waals surface area contributed by atoms with Crippen molar-refractivity contribution < 1.29 is 9.84 Å². The molecular formula is C17H18ClNO2. The molecule has 0 saturated heterocycles. The lowest BCUT2D eigenvalue weighted by Crippen LogP contribution is -2.44. The van der Waals surface area contributed by atoms with E-state index in [0.29, 0.717) is 24.6 Å². The maximum atomic E-state index is 11.0. The lowest BCUT2D eigenvalue weighted by molar-refractivity contribution is 0.0535. The van der Waals surface area contributed by atoms with Crippen LogP contribution in [0.25, 0.3) is 0 Å². The van der Waals surface area contributed by atoms with Gasteiger partial charge in [-0.15, -0.1) is 0 Å². The molecule has 0 aliphatic carbocycles. The van der Waals surface area contributed by atoms with Gasteiger partial charge in [0, 0.05) is 22.5 Å². The number of para-hydroxylation sites is 1. The molecule has 0 bridgehead atoms. The lowest BCUT2D eigenvalue weighted by Gasteiger charge is -2.41. The van der Waals surface area contributed by atoms with E-state index in [1.807, 2.05) is 36.4 Å². The highest BCUT2D eigenvalue weighted by Crippen LogP contribution is 2.46. The summed E-state index contributed by atoms with van der Waals surface area (Å²) in [4.78, 5) is 0. The van der Waals surface area contributed by atoms with Gasteiger partial charge in [0.15, 0.2) is 0 Å². The van der Waals surface area contributed by atoms with Gasteiger partial charge in [0.1, 0.15) is 5.75 Å². The number of fused-ring (bicyclic) bond motifs is 1. The molecule has 1 aliphatic rings. The Balaban J connectivity index is 2.09. The summed E-state index contributed by atoms with van der Waals surface area (Å²) in [6.07, 6.45) is -0.0416. The van der Waals surface area contributed by atoms with Crippen LogP contribution in [-0.2, 0) is 5.41 Å². The Kier molecular flexibility index (Phi) is 3.89. The Labute approximate surface area is 129 Å². The molecule has 2 unspecified atom stereocenters. The van der Waals surface area contributed by atoms with Crippen LogP contribution in [0.2, 0.25) is 5.02 Å². The zero-order valence-electron chi connectivity index (χ0n) is 11.6. The van der Waals surface area contributed by atoms with Crippen molar-refractivity contribution in [2.24, 2.45) is 5.73 Å². The minimum Gasteiger partial charge on any atom is -0.493 e. The second-order valence-corrected chi connectivity index (χ2v) is 5.85. The molecule has 0 radical (unpaired) electrons. The lowest BCUT2D eigenvalue weighted by atomic mass is 9.69. The van der Waals surface area contributed by atoms with Gasteiger partial charge < -0.3 is 15.6 Å². The second kappa shape index (κ2) is 5.68. The van der Waals surface area contributed by atoms with E-state index in [0.717, 1.165) is 16.9 Å². The van der Waals surface area contributed by atoms with Gasteiger partial charge in [0.2, 0.25) is 0 Å². The smallest absolute Gasteiger partial charge is 0.123 e. The van der Waals surface area contributed by atoms with E-state index >= 15 is 0 Å². The van der Waals surface area contributed by atoms with Crippen molar-refractivity contribution in [2.45, 2.75) is 17.9 Å². The van der Waals surface area contributed by atoms with Crippen LogP contribution in [0.3, 0.4) is 0 Å². The van der Waals surface area contributed by atoms with E-state index in [2.05, 4.69) is 0 Å². The fourth-order valence-corrected chi connectivity index (χ4v) is 3.28. The number of benzene rings is 2. The van der Waals surface area contributed by atoms with E-state index in [4.69, 9.17) is 22.1 Å². The molecular weight excluding hydrogens is 286 g/mol. The molecule has 21 heavy (non-hydrogen) atoms. The molecule has 110 valence electrons. The van der Waals surface area contributed by atoms with Gasteiger partial charge in [0.05, 0.1) is 12.7 Å². The summed E-state index contributed by atoms with van der Waals surface area (Å²) in [5.74, 6) is 0.801. The van der Waals surface area contributed by atoms with Crippen molar-refractivity contribution in [3.63, 3.8) is 0 Å². The third-order valence-electron chi connectivity index (χ3n) is 4.28. The second-order valence-electron chi connectivity index (χ2n) is 5.41. The molecule has 0 fully saturated rings. The molecule has 3 nitrogen and oxygen atoms in total.